The highest BCUT2D eigenvalue weighted by Crippen LogP contribution is 2.10. The van der Waals surface area contributed by atoms with Crippen molar-refractivity contribution < 1.29 is 4.79 Å². The van der Waals surface area contributed by atoms with Gasteiger partial charge in [-0.15, -0.1) is 0 Å². The van der Waals surface area contributed by atoms with Gasteiger partial charge in [-0.25, -0.2) is 0 Å². The van der Waals surface area contributed by atoms with Crippen LogP contribution in [0.25, 0.3) is 6.08 Å². The van der Waals surface area contributed by atoms with Gasteiger partial charge in [0.15, 0.2) is 5.78 Å². The predicted octanol–water partition coefficient (Wildman–Crippen LogP) is 3.52. The highest BCUT2D eigenvalue weighted by atomic mass is 32.1. The molecule has 1 heterocycles. The zero-order chi connectivity index (χ0) is 12.1. The Bertz CT molecular complexity index is 574. The van der Waals surface area contributed by atoms with E-state index in [4.69, 9.17) is 5.26 Å². The van der Waals surface area contributed by atoms with E-state index in [1.165, 1.54) is 11.3 Å². The molecule has 2 aromatic rings. The van der Waals surface area contributed by atoms with Crippen molar-refractivity contribution in [1.29, 1.82) is 5.26 Å². The number of nitriles is 1. The number of thiophene rings is 1. The van der Waals surface area contributed by atoms with E-state index in [9.17, 15) is 4.79 Å². The predicted molar refractivity (Wildman–Crippen MR) is 68.8 cm³/mol. The number of benzene rings is 1. The van der Waals surface area contributed by atoms with Crippen molar-refractivity contribution in [3.05, 3.63) is 63.9 Å². The van der Waals surface area contributed by atoms with Gasteiger partial charge in [0.25, 0.3) is 0 Å². The molecule has 3 heteroatoms. The van der Waals surface area contributed by atoms with Crippen LogP contribution in [-0.4, -0.2) is 5.78 Å². The Balaban J connectivity index is 2.10. The Kier molecular flexibility index (Phi) is 3.49. The molecule has 17 heavy (non-hydrogen) atoms. The van der Waals surface area contributed by atoms with E-state index >= 15 is 0 Å². The molecule has 0 aliphatic heterocycles. The van der Waals surface area contributed by atoms with Crippen molar-refractivity contribution >= 4 is 23.2 Å². The van der Waals surface area contributed by atoms with Gasteiger partial charge in [-0.05, 0) is 35.2 Å². The van der Waals surface area contributed by atoms with Crippen molar-refractivity contribution in [3.63, 3.8) is 0 Å². The molecule has 0 amide bonds. The first-order valence-electron chi connectivity index (χ1n) is 5.04. The summed E-state index contributed by atoms with van der Waals surface area (Å²) in [6.07, 6.45) is 3.30. The molecule has 2 nitrogen and oxygen atoms in total. The summed E-state index contributed by atoms with van der Waals surface area (Å²) in [5, 5.41) is 12.4. The lowest BCUT2D eigenvalue weighted by Crippen LogP contribution is -1.90. The Hall–Kier alpha value is -2.18. The summed E-state index contributed by atoms with van der Waals surface area (Å²) < 4.78 is 0. The van der Waals surface area contributed by atoms with E-state index < -0.39 is 0 Å². The van der Waals surface area contributed by atoms with Crippen LogP contribution in [0.5, 0.6) is 0 Å². The lowest BCUT2D eigenvalue weighted by atomic mass is 10.1. The van der Waals surface area contributed by atoms with Gasteiger partial charge >= 0.3 is 0 Å². The number of carbonyl (C=O) groups excluding carboxylic acids is 1. The zero-order valence-electron chi connectivity index (χ0n) is 8.96. The Morgan fingerprint density at radius 3 is 2.59 bits per heavy atom. The number of nitrogens with zero attached hydrogens (tertiary/aromatic N) is 1. The van der Waals surface area contributed by atoms with E-state index in [1.54, 1.807) is 30.4 Å². The summed E-state index contributed by atoms with van der Waals surface area (Å²) >= 11 is 1.50. The number of rotatable bonds is 3. The van der Waals surface area contributed by atoms with Crippen LogP contribution < -0.4 is 0 Å². The summed E-state index contributed by atoms with van der Waals surface area (Å²) in [6.45, 7) is 0. The van der Waals surface area contributed by atoms with E-state index in [0.29, 0.717) is 11.1 Å². The average molecular weight is 239 g/mol. The van der Waals surface area contributed by atoms with Crippen molar-refractivity contribution in [2.24, 2.45) is 0 Å². The fourth-order valence-electron chi connectivity index (χ4n) is 1.34. The molecule has 0 aliphatic rings. The second-order valence-electron chi connectivity index (χ2n) is 3.44. The van der Waals surface area contributed by atoms with Gasteiger partial charge in [0.05, 0.1) is 11.6 Å². The van der Waals surface area contributed by atoms with Crippen LogP contribution in [0.1, 0.15) is 21.5 Å². The lowest BCUT2D eigenvalue weighted by molar-refractivity contribution is 0.104. The molecule has 0 aliphatic carbocycles. The van der Waals surface area contributed by atoms with Crippen molar-refractivity contribution in [1.82, 2.24) is 0 Å². The third-order valence-electron chi connectivity index (χ3n) is 2.27. The van der Waals surface area contributed by atoms with Crippen LogP contribution in [0.3, 0.4) is 0 Å². The molecule has 0 saturated heterocycles. The highest BCUT2D eigenvalue weighted by Gasteiger charge is 2.00. The van der Waals surface area contributed by atoms with Gasteiger partial charge in [0.2, 0.25) is 0 Å². The van der Waals surface area contributed by atoms with Crippen LogP contribution >= 0.6 is 11.3 Å². The topological polar surface area (TPSA) is 40.9 Å². The molecule has 0 fully saturated rings. The molecule has 0 atom stereocenters. The summed E-state index contributed by atoms with van der Waals surface area (Å²) in [4.78, 5) is 11.7. The standard InChI is InChI=1S/C14H9NOS/c15-9-12-3-1-11(2-4-12)5-6-14(16)13-7-8-17-10-13/h1-8,10H. The first-order chi connectivity index (χ1) is 8.29. The average Bonchev–Trinajstić information content (AvgIpc) is 2.90. The van der Waals surface area contributed by atoms with Crippen LogP contribution in [0, 0.1) is 11.3 Å². The molecule has 0 N–H and O–H groups in total. The molecule has 82 valence electrons. The first-order valence-corrected chi connectivity index (χ1v) is 5.98. The van der Waals surface area contributed by atoms with E-state index in [0.717, 1.165) is 5.56 Å². The largest absolute Gasteiger partial charge is 0.289 e. The number of hydrogen-bond donors (Lipinski definition) is 0. The van der Waals surface area contributed by atoms with Gasteiger partial charge in [0.1, 0.15) is 0 Å². The quantitative estimate of drug-likeness (QED) is 0.607. The third kappa shape index (κ3) is 2.90. The maximum atomic E-state index is 11.7. The van der Waals surface area contributed by atoms with Gasteiger partial charge in [-0.3, -0.25) is 4.79 Å². The normalized spacial score (nSPS) is 10.3. The zero-order valence-corrected chi connectivity index (χ0v) is 9.78. The van der Waals surface area contributed by atoms with E-state index in [2.05, 4.69) is 6.07 Å². The van der Waals surface area contributed by atoms with Crippen molar-refractivity contribution in [2.45, 2.75) is 0 Å². The molecule has 0 spiro atoms. The van der Waals surface area contributed by atoms with Crippen LogP contribution in [0.15, 0.2) is 47.2 Å². The molecular weight excluding hydrogens is 230 g/mol. The second kappa shape index (κ2) is 5.24. The van der Waals surface area contributed by atoms with Gasteiger partial charge in [0, 0.05) is 10.9 Å². The van der Waals surface area contributed by atoms with Gasteiger partial charge in [-0.2, -0.15) is 16.6 Å². The minimum Gasteiger partial charge on any atom is -0.289 e. The fourth-order valence-corrected chi connectivity index (χ4v) is 1.99. The van der Waals surface area contributed by atoms with Crippen LogP contribution in [0.2, 0.25) is 0 Å². The molecule has 0 bridgehead atoms. The van der Waals surface area contributed by atoms with E-state index in [1.807, 2.05) is 22.9 Å². The maximum Gasteiger partial charge on any atom is 0.186 e. The van der Waals surface area contributed by atoms with Gasteiger partial charge in [-0.1, -0.05) is 18.2 Å². The fraction of sp³-hybridized carbons (Fsp3) is 0. The molecule has 0 radical (unpaired) electrons. The summed E-state index contributed by atoms with van der Waals surface area (Å²) in [6, 6.07) is 10.9. The second-order valence-corrected chi connectivity index (χ2v) is 4.22. The van der Waals surface area contributed by atoms with Crippen LogP contribution in [0.4, 0.5) is 0 Å². The van der Waals surface area contributed by atoms with E-state index in [-0.39, 0.29) is 5.78 Å². The summed E-state index contributed by atoms with van der Waals surface area (Å²) in [7, 11) is 0. The SMILES string of the molecule is N#Cc1ccc(C=CC(=O)c2ccsc2)cc1. The molecule has 0 saturated carbocycles. The minimum absolute atomic E-state index is 0.00407. The molecule has 1 aromatic carbocycles. The minimum atomic E-state index is -0.00407. The van der Waals surface area contributed by atoms with Gasteiger partial charge < -0.3 is 0 Å². The number of ketones is 1. The number of allylic oxidation sites excluding steroid dienone is 1. The van der Waals surface area contributed by atoms with Crippen molar-refractivity contribution in [2.75, 3.05) is 0 Å². The first kappa shape index (κ1) is 11.3. The smallest absolute Gasteiger partial charge is 0.186 e. The molecule has 1 aromatic heterocycles. The number of hydrogen-bond acceptors (Lipinski definition) is 3. The highest BCUT2D eigenvalue weighted by molar-refractivity contribution is 7.08. The molecule has 2 rings (SSSR count). The lowest BCUT2D eigenvalue weighted by Gasteiger charge is -1.93. The molecular formula is C14H9NOS. The monoisotopic (exact) mass is 239 g/mol. The Morgan fingerprint density at radius 2 is 2.00 bits per heavy atom. The third-order valence-corrected chi connectivity index (χ3v) is 2.96. The molecule has 0 unspecified atom stereocenters. The number of carbonyl (C=O) groups is 1. The van der Waals surface area contributed by atoms with Crippen LogP contribution in [-0.2, 0) is 0 Å². The van der Waals surface area contributed by atoms with Crippen molar-refractivity contribution in [3.8, 4) is 6.07 Å². The summed E-state index contributed by atoms with van der Waals surface area (Å²) in [5.74, 6) is -0.00407. The Morgan fingerprint density at radius 1 is 1.24 bits per heavy atom. The summed E-state index contributed by atoms with van der Waals surface area (Å²) in [5.41, 5.74) is 2.23. The maximum absolute atomic E-state index is 11.7. The Labute approximate surface area is 103 Å².